The molecule has 0 heterocycles. The molecule has 51 heavy (non-hydrogen) atoms. The Bertz CT molecular complexity index is 1040. The first-order chi connectivity index (χ1) is 24.7. The standard InChI is InChI=1S/C40H69O10P/c1-3-5-7-9-11-13-15-16-17-18-19-20-22-24-26-28-30-32-40(44)50-38(36-49-51(45,46)48-34-37(42)33-41)35-47-39(43)31-29-27-25-23-21-14-12-10-8-6-4-2/h5,7,10-13,16-17,19-20,37-38,41-42H,3-4,6,8-9,14-15,18,21-36H2,1-2H3,(H,45,46)/b7-5-,12-10-,13-11-,17-16-,20-19-. The van der Waals surface area contributed by atoms with Gasteiger partial charge in [-0.1, -0.05) is 120 Å². The summed E-state index contributed by atoms with van der Waals surface area (Å²) in [4.78, 5) is 34.8. The zero-order valence-corrected chi connectivity index (χ0v) is 32.4. The zero-order chi connectivity index (χ0) is 37.7. The molecule has 0 radical (unpaired) electrons. The second-order valence-corrected chi connectivity index (χ2v) is 14.0. The van der Waals surface area contributed by atoms with E-state index in [1.54, 1.807) is 0 Å². The Labute approximate surface area is 308 Å². The summed E-state index contributed by atoms with van der Waals surface area (Å²) in [6, 6.07) is 0. The first-order valence-electron chi connectivity index (χ1n) is 19.2. The second-order valence-electron chi connectivity index (χ2n) is 12.6. The number of rotatable bonds is 35. The molecule has 294 valence electrons. The number of aliphatic hydroxyl groups is 2. The third kappa shape index (κ3) is 35.8. The smallest absolute Gasteiger partial charge is 0.462 e. The van der Waals surface area contributed by atoms with E-state index in [9.17, 15) is 24.2 Å². The molecule has 0 aromatic heterocycles. The molecule has 3 N–H and O–H groups in total. The summed E-state index contributed by atoms with van der Waals surface area (Å²) in [7, 11) is -4.62. The van der Waals surface area contributed by atoms with Crippen LogP contribution in [0.1, 0.15) is 142 Å². The van der Waals surface area contributed by atoms with Crippen molar-refractivity contribution in [1.29, 1.82) is 0 Å². The van der Waals surface area contributed by atoms with Crippen LogP contribution in [0.2, 0.25) is 0 Å². The molecule has 0 aliphatic heterocycles. The number of carbonyl (C=O) groups excluding carboxylic acids is 2. The number of ether oxygens (including phenoxy) is 2. The Balaban J connectivity index is 4.43. The van der Waals surface area contributed by atoms with Crippen LogP contribution in [-0.2, 0) is 32.7 Å². The quantitative estimate of drug-likeness (QED) is 0.0248. The van der Waals surface area contributed by atoms with Crippen LogP contribution in [0, 0.1) is 0 Å². The van der Waals surface area contributed by atoms with Gasteiger partial charge in [0.1, 0.15) is 12.7 Å². The van der Waals surface area contributed by atoms with Gasteiger partial charge >= 0.3 is 19.8 Å². The second kappa shape index (κ2) is 36.0. The van der Waals surface area contributed by atoms with Crippen molar-refractivity contribution >= 4 is 19.8 Å². The summed E-state index contributed by atoms with van der Waals surface area (Å²) in [6.07, 6.45) is 37.6. The number of unbranched alkanes of at least 4 members (excludes halogenated alkanes) is 11. The lowest BCUT2D eigenvalue weighted by Crippen LogP contribution is -2.29. The van der Waals surface area contributed by atoms with Crippen molar-refractivity contribution in [3.05, 3.63) is 60.8 Å². The highest BCUT2D eigenvalue weighted by Gasteiger charge is 2.27. The first-order valence-corrected chi connectivity index (χ1v) is 20.7. The first kappa shape index (κ1) is 48.7. The SMILES string of the molecule is CC/C=C\C/C=C\C/C=C\C/C=C\CCCCCCC(=O)OC(COC(=O)CCCCCCC/C=C\CCCC)COP(=O)(O)OCC(O)CO. The lowest BCUT2D eigenvalue weighted by atomic mass is 10.1. The van der Waals surface area contributed by atoms with Crippen LogP contribution in [0.5, 0.6) is 0 Å². The van der Waals surface area contributed by atoms with Gasteiger partial charge in [-0.15, -0.1) is 0 Å². The Kier molecular flexibility index (Phi) is 34.4. The maximum Gasteiger partial charge on any atom is 0.472 e. The summed E-state index contributed by atoms with van der Waals surface area (Å²) < 4.78 is 32.5. The fourth-order valence-corrected chi connectivity index (χ4v) is 5.46. The number of phosphoric ester groups is 1. The minimum atomic E-state index is -4.62. The molecule has 0 rings (SSSR count). The van der Waals surface area contributed by atoms with Crippen LogP contribution >= 0.6 is 7.82 Å². The van der Waals surface area contributed by atoms with E-state index in [1.165, 1.54) is 12.8 Å². The molecule has 3 unspecified atom stereocenters. The number of allylic oxidation sites excluding steroid dienone is 10. The lowest BCUT2D eigenvalue weighted by Gasteiger charge is -2.20. The molecule has 0 aliphatic carbocycles. The van der Waals surface area contributed by atoms with Gasteiger partial charge in [-0.25, -0.2) is 4.57 Å². The number of hydrogen-bond donors (Lipinski definition) is 3. The maximum atomic E-state index is 12.6. The molecule has 0 amide bonds. The van der Waals surface area contributed by atoms with Crippen molar-refractivity contribution in [3.63, 3.8) is 0 Å². The van der Waals surface area contributed by atoms with Crippen LogP contribution in [0.25, 0.3) is 0 Å². The molecule has 0 bridgehead atoms. The van der Waals surface area contributed by atoms with Crippen LogP contribution in [-0.4, -0.2) is 65.7 Å². The summed E-state index contributed by atoms with van der Waals surface area (Å²) >= 11 is 0. The summed E-state index contributed by atoms with van der Waals surface area (Å²) in [5, 5.41) is 18.3. The van der Waals surface area contributed by atoms with Crippen LogP contribution < -0.4 is 0 Å². The third-order valence-electron chi connectivity index (χ3n) is 7.66. The molecule has 3 atom stereocenters. The largest absolute Gasteiger partial charge is 0.472 e. The average molecular weight is 741 g/mol. The van der Waals surface area contributed by atoms with Crippen molar-refractivity contribution in [2.75, 3.05) is 26.4 Å². The Morgan fingerprint density at radius 1 is 0.608 bits per heavy atom. The monoisotopic (exact) mass is 740 g/mol. The Morgan fingerprint density at radius 2 is 1.08 bits per heavy atom. The van der Waals surface area contributed by atoms with Gasteiger partial charge in [0, 0.05) is 12.8 Å². The Morgan fingerprint density at radius 3 is 1.65 bits per heavy atom. The highest BCUT2D eigenvalue weighted by molar-refractivity contribution is 7.47. The van der Waals surface area contributed by atoms with Crippen LogP contribution in [0.4, 0.5) is 0 Å². The summed E-state index contributed by atoms with van der Waals surface area (Å²) in [6.45, 7) is 2.16. The topological polar surface area (TPSA) is 149 Å². The van der Waals surface area contributed by atoms with Crippen LogP contribution in [0.3, 0.4) is 0 Å². The number of carbonyl (C=O) groups is 2. The molecule has 0 aromatic carbocycles. The van der Waals surface area contributed by atoms with Gasteiger partial charge in [-0.05, 0) is 70.6 Å². The van der Waals surface area contributed by atoms with Crippen molar-refractivity contribution < 1.29 is 47.8 Å². The average Bonchev–Trinajstić information content (AvgIpc) is 3.12. The van der Waals surface area contributed by atoms with Crippen molar-refractivity contribution in [2.45, 2.75) is 154 Å². The minimum Gasteiger partial charge on any atom is -0.462 e. The highest BCUT2D eigenvalue weighted by atomic mass is 31.2. The summed E-state index contributed by atoms with van der Waals surface area (Å²) in [5.41, 5.74) is 0. The number of phosphoric acid groups is 1. The van der Waals surface area contributed by atoms with Gasteiger partial charge in [0.2, 0.25) is 0 Å². The van der Waals surface area contributed by atoms with Crippen LogP contribution in [0.15, 0.2) is 60.8 Å². The Hall–Kier alpha value is -2.33. The van der Waals surface area contributed by atoms with E-state index in [1.807, 2.05) is 0 Å². The molecule has 0 aliphatic rings. The van der Waals surface area contributed by atoms with E-state index in [0.717, 1.165) is 89.9 Å². The van der Waals surface area contributed by atoms with E-state index in [0.29, 0.717) is 12.8 Å². The van der Waals surface area contributed by atoms with E-state index in [-0.39, 0.29) is 19.4 Å². The molecule has 0 aromatic rings. The van der Waals surface area contributed by atoms with Gasteiger partial charge in [0.15, 0.2) is 6.10 Å². The molecule has 10 nitrogen and oxygen atoms in total. The van der Waals surface area contributed by atoms with E-state index >= 15 is 0 Å². The zero-order valence-electron chi connectivity index (χ0n) is 31.5. The van der Waals surface area contributed by atoms with Crippen molar-refractivity contribution in [2.24, 2.45) is 0 Å². The minimum absolute atomic E-state index is 0.152. The van der Waals surface area contributed by atoms with Crippen molar-refractivity contribution in [1.82, 2.24) is 0 Å². The lowest BCUT2D eigenvalue weighted by molar-refractivity contribution is -0.161. The van der Waals surface area contributed by atoms with Crippen molar-refractivity contribution in [3.8, 4) is 0 Å². The molecule has 0 saturated carbocycles. The maximum absolute atomic E-state index is 12.6. The number of aliphatic hydroxyl groups excluding tert-OH is 2. The van der Waals surface area contributed by atoms with E-state index in [4.69, 9.17) is 19.1 Å². The molecular formula is C40H69O10P. The molecule has 11 heteroatoms. The third-order valence-corrected chi connectivity index (χ3v) is 8.61. The predicted octanol–water partition coefficient (Wildman–Crippen LogP) is 9.55. The van der Waals surface area contributed by atoms with Gasteiger partial charge in [0.05, 0.1) is 19.8 Å². The predicted molar refractivity (Wildman–Crippen MR) is 205 cm³/mol. The van der Waals surface area contributed by atoms with E-state index in [2.05, 4.69) is 79.1 Å². The van der Waals surface area contributed by atoms with E-state index < -0.39 is 51.8 Å². The molecule has 0 fully saturated rings. The molecule has 0 spiro atoms. The normalized spacial score (nSPS) is 14.7. The fourth-order valence-electron chi connectivity index (χ4n) is 4.67. The molecular weight excluding hydrogens is 671 g/mol. The highest BCUT2D eigenvalue weighted by Crippen LogP contribution is 2.43. The van der Waals surface area contributed by atoms with Gasteiger partial charge in [-0.2, -0.15) is 0 Å². The van der Waals surface area contributed by atoms with Gasteiger partial charge in [-0.3, -0.25) is 18.6 Å². The summed E-state index contributed by atoms with van der Waals surface area (Å²) in [5.74, 6) is -0.971. The van der Waals surface area contributed by atoms with Gasteiger partial charge in [0.25, 0.3) is 0 Å². The fraction of sp³-hybridized carbons (Fsp3) is 0.700. The number of hydrogen-bond acceptors (Lipinski definition) is 9. The number of esters is 2. The van der Waals surface area contributed by atoms with Gasteiger partial charge < -0.3 is 24.6 Å². The molecule has 0 saturated heterocycles.